The molecule has 2 N–H and O–H groups in total. The third-order valence-corrected chi connectivity index (χ3v) is 2.98. The average molecular weight is 282 g/mol. The summed E-state index contributed by atoms with van der Waals surface area (Å²) >= 11 is 5.75. The van der Waals surface area contributed by atoms with Crippen molar-refractivity contribution in [3.8, 4) is 0 Å². The summed E-state index contributed by atoms with van der Waals surface area (Å²) in [6.45, 7) is 4.11. The van der Waals surface area contributed by atoms with Crippen molar-refractivity contribution in [1.29, 1.82) is 0 Å². The molecule has 0 amide bonds. The molecule has 100 valence electrons. The number of nitrogens with zero attached hydrogens (tertiary/aromatic N) is 2. The number of carbonyl (C=O) groups is 1. The summed E-state index contributed by atoms with van der Waals surface area (Å²) in [5, 5.41) is 15.9. The monoisotopic (exact) mass is 281 g/mol. The number of carboxylic acid groups (broad SMARTS) is 1. The van der Waals surface area contributed by atoms with Crippen molar-refractivity contribution in [3.05, 3.63) is 39.9 Å². The second-order valence-electron chi connectivity index (χ2n) is 3.99. The number of rotatable bonds is 4. The predicted molar refractivity (Wildman–Crippen MR) is 69.5 cm³/mol. The fourth-order valence-corrected chi connectivity index (χ4v) is 1.81. The summed E-state index contributed by atoms with van der Waals surface area (Å²) in [5.74, 6) is -0.00906. The van der Waals surface area contributed by atoms with Crippen LogP contribution in [0.3, 0.4) is 0 Å². The molecule has 0 unspecified atom stereocenters. The van der Waals surface area contributed by atoms with Crippen molar-refractivity contribution < 1.29 is 14.4 Å². The van der Waals surface area contributed by atoms with Gasteiger partial charge in [0.2, 0.25) is 0 Å². The van der Waals surface area contributed by atoms with E-state index in [9.17, 15) is 4.79 Å². The number of hydrogen-bond acceptors (Lipinski definition) is 5. The molecule has 2 aromatic heterocycles. The summed E-state index contributed by atoms with van der Waals surface area (Å²) in [5.41, 5.74) is 1.54. The van der Waals surface area contributed by atoms with Crippen LogP contribution >= 0.6 is 11.6 Å². The summed E-state index contributed by atoms with van der Waals surface area (Å²) in [6.07, 6.45) is 0. The van der Waals surface area contributed by atoms with Gasteiger partial charge >= 0.3 is 5.97 Å². The molecule has 0 atom stereocenters. The van der Waals surface area contributed by atoms with Crippen LogP contribution in [0, 0.1) is 13.8 Å². The summed E-state index contributed by atoms with van der Waals surface area (Å²) in [7, 11) is 0. The Bertz CT molecular complexity index is 605. The number of aromatic nitrogens is 2. The number of aryl methyl sites for hydroxylation is 2. The lowest BCUT2D eigenvalue weighted by Gasteiger charge is -2.06. The SMILES string of the molecule is Cc1noc(C)c1CNc1ccc(Cl)c(C(=O)O)n1. The molecule has 0 radical (unpaired) electrons. The van der Waals surface area contributed by atoms with Crippen LogP contribution in [-0.4, -0.2) is 21.2 Å². The highest BCUT2D eigenvalue weighted by Crippen LogP contribution is 2.18. The maximum absolute atomic E-state index is 10.9. The Morgan fingerprint density at radius 1 is 1.47 bits per heavy atom. The molecular weight excluding hydrogens is 270 g/mol. The summed E-state index contributed by atoms with van der Waals surface area (Å²) in [4.78, 5) is 14.9. The van der Waals surface area contributed by atoms with Crippen LogP contribution in [-0.2, 0) is 6.54 Å². The van der Waals surface area contributed by atoms with Crippen molar-refractivity contribution in [2.75, 3.05) is 5.32 Å². The maximum atomic E-state index is 10.9. The summed E-state index contributed by atoms with van der Waals surface area (Å²) in [6, 6.07) is 3.11. The molecule has 0 spiro atoms. The van der Waals surface area contributed by atoms with Gasteiger partial charge in [-0.1, -0.05) is 16.8 Å². The van der Waals surface area contributed by atoms with Gasteiger partial charge in [0.1, 0.15) is 11.6 Å². The van der Waals surface area contributed by atoms with Crippen LogP contribution in [0.4, 0.5) is 5.82 Å². The first-order valence-electron chi connectivity index (χ1n) is 5.54. The third kappa shape index (κ3) is 2.85. The van der Waals surface area contributed by atoms with E-state index in [0.29, 0.717) is 12.4 Å². The van der Waals surface area contributed by atoms with E-state index >= 15 is 0 Å². The molecule has 0 aromatic carbocycles. The Morgan fingerprint density at radius 2 is 2.21 bits per heavy atom. The minimum absolute atomic E-state index is 0.107. The van der Waals surface area contributed by atoms with Crippen LogP contribution in [0.1, 0.15) is 27.5 Å². The highest BCUT2D eigenvalue weighted by molar-refractivity contribution is 6.33. The molecule has 0 fully saturated rings. The Morgan fingerprint density at radius 3 is 2.79 bits per heavy atom. The zero-order chi connectivity index (χ0) is 14.0. The lowest BCUT2D eigenvalue weighted by molar-refractivity contribution is 0.0691. The first-order valence-corrected chi connectivity index (χ1v) is 5.92. The van der Waals surface area contributed by atoms with E-state index in [2.05, 4.69) is 15.5 Å². The van der Waals surface area contributed by atoms with Gasteiger partial charge in [-0.2, -0.15) is 0 Å². The molecule has 7 heteroatoms. The Hall–Kier alpha value is -2.08. The second kappa shape index (κ2) is 5.27. The molecular formula is C12H12ClN3O3. The van der Waals surface area contributed by atoms with Gasteiger partial charge in [-0.25, -0.2) is 9.78 Å². The lowest BCUT2D eigenvalue weighted by Crippen LogP contribution is -2.07. The summed E-state index contributed by atoms with van der Waals surface area (Å²) < 4.78 is 5.04. The number of carboxylic acids is 1. The molecule has 0 bridgehead atoms. The quantitative estimate of drug-likeness (QED) is 0.896. The smallest absolute Gasteiger partial charge is 0.356 e. The Kier molecular flexibility index (Phi) is 3.71. The third-order valence-electron chi connectivity index (χ3n) is 2.68. The van der Waals surface area contributed by atoms with E-state index < -0.39 is 5.97 Å². The fraction of sp³-hybridized carbons (Fsp3) is 0.250. The van der Waals surface area contributed by atoms with Gasteiger partial charge in [0.05, 0.1) is 10.7 Å². The van der Waals surface area contributed by atoms with E-state index in [1.807, 2.05) is 13.8 Å². The number of anilines is 1. The second-order valence-corrected chi connectivity index (χ2v) is 4.40. The highest BCUT2D eigenvalue weighted by atomic mass is 35.5. The van der Waals surface area contributed by atoms with Crippen molar-refractivity contribution in [1.82, 2.24) is 10.1 Å². The van der Waals surface area contributed by atoms with Crippen molar-refractivity contribution in [3.63, 3.8) is 0 Å². The standard InChI is InChI=1S/C12H12ClN3O3/c1-6-8(7(2)19-16-6)5-14-10-4-3-9(13)11(15-10)12(17)18/h3-4H,5H2,1-2H3,(H,14,15)(H,17,18). The van der Waals surface area contributed by atoms with Gasteiger partial charge in [0, 0.05) is 12.1 Å². The molecule has 2 aromatic rings. The number of hydrogen-bond donors (Lipinski definition) is 2. The van der Waals surface area contributed by atoms with Crippen molar-refractivity contribution >= 4 is 23.4 Å². The minimum atomic E-state index is -1.16. The first-order chi connectivity index (χ1) is 8.99. The van der Waals surface area contributed by atoms with E-state index in [-0.39, 0.29) is 10.7 Å². The molecule has 0 aliphatic heterocycles. The molecule has 2 rings (SSSR count). The van der Waals surface area contributed by atoms with Gasteiger partial charge in [0.15, 0.2) is 5.69 Å². The van der Waals surface area contributed by atoms with Crippen LogP contribution < -0.4 is 5.32 Å². The van der Waals surface area contributed by atoms with Gasteiger partial charge in [0.25, 0.3) is 0 Å². The van der Waals surface area contributed by atoms with E-state index in [4.69, 9.17) is 21.2 Å². The van der Waals surface area contributed by atoms with Gasteiger partial charge in [-0.05, 0) is 26.0 Å². The topological polar surface area (TPSA) is 88.2 Å². The number of aromatic carboxylic acids is 1. The number of halogens is 1. The van der Waals surface area contributed by atoms with E-state index in [0.717, 1.165) is 17.0 Å². The number of pyridine rings is 1. The Balaban J connectivity index is 2.16. The molecule has 0 saturated carbocycles. The normalized spacial score (nSPS) is 10.5. The molecule has 0 aliphatic rings. The zero-order valence-corrected chi connectivity index (χ0v) is 11.2. The molecule has 0 saturated heterocycles. The average Bonchev–Trinajstić information content (AvgIpc) is 2.68. The zero-order valence-electron chi connectivity index (χ0n) is 10.4. The predicted octanol–water partition coefficient (Wildman–Crippen LogP) is 2.65. The van der Waals surface area contributed by atoms with Crippen LogP contribution in [0.5, 0.6) is 0 Å². The Labute approximate surface area is 114 Å². The first kappa shape index (κ1) is 13.4. The molecule has 0 aliphatic carbocycles. The van der Waals surface area contributed by atoms with Gasteiger partial charge in [-0.15, -0.1) is 0 Å². The fourth-order valence-electron chi connectivity index (χ4n) is 1.62. The maximum Gasteiger partial charge on any atom is 0.356 e. The van der Waals surface area contributed by atoms with Gasteiger partial charge in [-0.3, -0.25) is 0 Å². The minimum Gasteiger partial charge on any atom is -0.476 e. The van der Waals surface area contributed by atoms with Gasteiger partial charge < -0.3 is 14.9 Å². The lowest BCUT2D eigenvalue weighted by atomic mass is 10.2. The molecule has 6 nitrogen and oxygen atoms in total. The van der Waals surface area contributed by atoms with E-state index in [1.54, 1.807) is 6.07 Å². The van der Waals surface area contributed by atoms with Crippen LogP contribution in [0.15, 0.2) is 16.7 Å². The highest BCUT2D eigenvalue weighted by Gasteiger charge is 2.12. The van der Waals surface area contributed by atoms with Crippen LogP contribution in [0.2, 0.25) is 5.02 Å². The molecule has 19 heavy (non-hydrogen) atoms. The van der Waals surface area contributed by atoms with Crippen molar-refractivity contribution in [2.24, 2.45) is 0 Å². The molecule has 2 heterocycles. The van der Waals surface area contributed by atoms with Crippen LogP contribution in [0.25, 0.3) is 0 Å². The van der Waals surface area contributed by atoms with Crippen molar-refractivity contribution in [2.45, 2.75) is 20.4 Å². The largest absolute Gasteiger partial charge is 0.476 e. The van der Waals surface area contributed by atoms with E-state index in [1.165, 1.54) is 6.07 Å². The number of nitrogens with one attached hydrogen (secondary N) is 1.